The highest BCUT2D eigenvalue weighted by Gasteiger charge is 2.19. The first kappa shape index (κ1) is 55.4. The van der Waals surface area contributed by atoms with Gasteiger partial charge in [-0.15, -0.1) is 0 Å². The highest BCUT2D eigenvalue weighted by atomic mass is 16.6. The Morgan fingerprint density at radius 2 is 0.579 bits per heavy atom. The second-order valence-corrected chi connectivity index (χ2v) is 18.4. The van der Waals surface area contributed by atoms with Crippen LogP contribution in [0.4, 0.5) is 0 Å². The SMILES string of the molecule is CCCCCCCCCCCC(=O)O[C@@H](COC(=O)CCCCCCCCCCCCCCCCCC(C)C)COC(=O)CCCCCCCCCCCC(C)C. The van der Waals surface area contributed by atoms with Gasteiger partial charge < -0.3 is 14.2 Å². The van der Waals surface area contributed by atoms with Crippen molar-refractivity contribution in [2.24, 2.45) is 11.8 Å². The van der Waals surface area contributed by atoms with Crippen molar-refractivity contribution >= 4 is 17.9 Å². The molecule has 338 valence electrons. The van der Waals surface area contributed by atoms with Crippen LogP contribution >= 0.6 is 0 Å². The van der Waals surface area contributed by atoms with Crippen LogP contribution in [0.1, 0.15) is 279 Å². The molecule has 0 spiro atoms. The number of hydrogen-bond acceptors (Lipinski definition) is 6. The van der Waals surface area contributed by atoms with Gasteiger partial charge in [0.05, 0.1) is 0 Å². The minimum atomic E-state index is -0.760. The van der Waals surface area contributed by atoms with E-state index in [4.69, 9.17) is 14.2 Å². The second kappa shape index (κ2) is 44.0. The van der Waals surface area contributed by atoms with Gasteiger partial charge in [-0.1, -0.05) is 240 Å². The molecule has 0 bridgehead atoms. The fourth-order valence-corrected chi connectivity index (χ4v) is 7.64. The topological polar surface area (TPSA) is 78.9 Å². The first-order valence-electron chi connectivity index (χ1n) is 25.2. The largest absolute Gasteiger partial charge is 0.462 e. The molecule has 0 aliphatic rings. The van der Waals surface area contributed by atoms with Gasteiger partial charge in [0, 0.05) is 19.3 Å². The maximum absolute atomic E-state index is 12.7. The van der Waals surface area contributed by atoms with Gasteiger partial charge in [0.15, 0.2) is 6.10 Å². The molecule has 0 N–H and O–H groups in total. The van der Waals surface area contributed by atoms with Crippen LogP contribution in [0.15, 0.2) is 0 Å². The molecule has 6 nitrogen and oxygen atoms in total. The van der Waals surface area contributed by atoms with E-state index >= 15 is 0 Å². The van der Waals surface area contributed by atoms with Crippen molar-refractivity contribution in [1.29, 1.82) is 0 Å². The smallest absolute Gasteiger partial charge is 0.306 e. The van der Waals surface area contributed by atoms with Gasteiger partial charge in [0.2, 0.25) is 0 Å². The maximum atomic E-state index is 12.7. The monoisotopic (exact) mass is 807 g/mol. The van der Waals surface area contributed by atoms with E-state index in [1.807, 2.05) is 0 Å². The van der Waals surface area contributed by atoms with Crippen LogP contribution in [0.5, 0.6) is 0 Å². The van der Waals surface area contributed by atoms with Crippen molar-refractivity contribution in [3.8, 4) is 0 Å². The summed E-state index contributed by atoms with van der Waals surface area (Å²) < 4.78 is 16.8. The predicted molar refractivity (Wildman–Crippen MR) is 243 cm³/mol. The molecule has 0 radical (unpaired) electrons. The fraction of sp³-hybridized carbons (Fsp3) is 0.941. The third-order valence-electron chi connectivity index (χ3n) is 11.5. The average molecular weight is 807 g/mol. The first-order valence-corrected chi connectivity index (χ1v) is 25.2. The Balaban J connectivity index is 4.22. The number of rotatable bonds is 45. The third-order valence-corrected chi connectivity index (χ3v) is 11.5. The van der Waals surface area contributed by atoms with Gasteiger partial charge in [-0.3, -0.25) is 14.4 Å². The van der Waals surface area contributed by atoms with E-state index < -0.39 is 6.10 Å². The van der Waals surface area contributed by atoms with Crippen LogP contribution in [-0.4, -0.2) is 37.2 Å². The zero-order chi connectivity index (χ0) is 41.9. The second-order valence-electron chi connectivity index (χ2n) is 18.4. The normalized spacial score (nSPS) is 12.1. The molecular weight excluding hydrogens is 709 g/mol. The number of hydrogen-bond donors (Lipinski definition) is 0. The number of unbranched alkanes of at least 4 members (excludes halogenated alkanes) is 30. The summed E-state index contributed by atoms with van der Waals surface area (Å²) in [4.78, 5) is 37.8. The van der Waals surface area contributed by atoms with Crippen LogP contribution in [-0.2, 0) is 28.6 Å². The van der Waals surface area contributed by atoms with Crippen molar-refractivity contribution < 1.29 is 28.6 Å². The molecule has 0 aromatic heterocycles. The van der Waals surface area contributed by atoms with E-state index in [1.165, 1.54) is 167 Å². The van der Waals surface area contributed by atoms with Crippen LogP contribution in [0.25, 0.3) is 0 Å². The summed E-state index contributed by atoms with van der Waals surface area (Å²) in [6.45, 7) is 11.3. The number of ether oxygens (including phenoxy) is 3. The Morgan fingerprint density at radius 1 is 0.333 bits per heavy atom. The molecule has 0 amide bonds. The molecule has 0 unspecified atom stereocenters. The van der Waals surface area contributed by atoms with E-state index in [-0.39, 0.29) is 31.1 Å². The molecule has 0 heterocycles. The molecular formula is C51H98O6. The lowest BCUT2D eigenvalue weighted by Crippen LogP contribution is -2.30. The highest BCUT2D eigenvalue weighted by molar-refractivity contribution is 5.71. The predicted octanol–water partition coefficient (Wildman–Crippen LogP) is 16.1. The van der Waals surface area contributed by atoms with Gasteiger partial charge in [-0.25, -0.2) is 0 Å². The summed E-state index contributed by atoms with van der Waals surface area (Å²) in [6.07, 6.45) is 43.8. The van der Waals surface area contributed by atoms with Crippen LogP contribution in [0.2, 0.25) is 0 Å². The number of carbonyl (C=O) groups is 3. The lowest BCUT2D eigenvalue weighted by Gasteiger charge is -2.18. The molecule has 0 rings (SSSR count). The summed E-state index contributed by atoms with van der Waals surface area (Å²) in [5.74, 6) is 0.804. The zero-order valence-corrected chi connectivity index (χ0v) is 39.0. The summed E-state index contributed by atoms with van der Waals surface area (Å²) in [5.41, 5.74) is 0. The molecule has 0 saturated carbocycles. The van der Waals surface area contributed by atoms with Crippen LogP contribution in [0.3, 0.4) is 0 Å². The minimum absolute atomic E-state index is 0.0641. The molecule has 0 aromatic rings. The van der Waals surface area contributed by atoms with E-state index in [0.717, 1.165) is 69.6 Å². The third kappa shape index (κ3) is 45.3. The number of esters is 3. The van der Waals surface area contributed by atoms with Gasteiger partial charge >= 0.3 is 17.9 Å². The van der Waals surface area contributed by atoms with Crippen molar-refractivity contribution in [2.75, 3.05) is 13.2 Å². The van der Waals surface area contributed by atoms with E-state index in [0.29, 0.717) is 19.3 Å². The van der Waals surface area contributed by atoms with Crippen molar-refractivity contribution in [3.63, 3.8) is 0 Å². The lowest BCUT2D eigenvalue weighted by atomic mass is 10.0. The van der Waals surface area contributed by atoms with Crippen LogP contribution in [0, 0.1) is 11.8 Å². The molecule has 0 saturated heterocycles. The minimum Gasteiger partial charge on any atom is -0.462 e. The molecule has 0 aromatic carbocycles. The Kier molecular flexibility index (Phi) is 42.7. The van der Waals surface area contributed by atoms with Crippen molar-refractivity contribution in [2.45, 2.75) is 285 Å². The van der Waals surface area contributed by atoms with E-state index in [9.17, 15) is 14.4 Å². The quantitative estimate of drug-likeness (QED) is 0.0346. The summed E-state index contributed by atoms with van der Waals surface area (Å²) in [6, 6.07) is 0. The molecule has 1 atom stereocenters. The Hall–Kier alpha value is -1.59. The maximum Gasteiger partial charge on any atom is 0.306 e. The average Bonchev–Trinajstić information content (AvgIpc) is 3.18. The first-order chi connectivity index (χ1) is 27.7. The molecule has 57 heavy (non-hydrogen) atoms. The van der Waals surface area contributed by atoms with Crippen LogP contribution < -0.4 is 0 Å². The van der Waals surface area contributed by atoms with Crippen molar-refractivity contribution in [1.82, 2.24) is 0 Å². The Bertz CT molecular complexity index is 870. The standard InChI is InChI=1S/C51H98O6/c1-6-7-8-9-10-19-28-33-38-43-51(54)57-48(45-56-50(53)42-37-32-27-23-18-21-25-30-35-40-47(4)5)44-55-49(52)41-36-31-26-22-17-15-13-11-12-14-16-20-24-29-34-39-46(2)3/h46-48H,6-45H2,1-5H3/t48-/m0/s1. The molecule has 0 fully saturated rings. The summed E-state index contributed by atoms with van der Waals surface area (Å²) in [5, 5.41) is 0. The molecule has 0 aliphatic carbocycles. The molecule has 6 heteroatoms. The Labute approximate surface area is 355 Å². The molecule has 0 aliphatic heterocycles. The highest BCUT2D eigenvalue weighted by Crippen LogP contribution is 2.17. The van der Waals surface area contributed by atoms with Gasteiger partial charge in [-0.2, -0.15) is 0 Å². The van der Waals surface area contributed by atoms with E-state index in [2.05, 4.69) is 34.6 Å². The lowest BCUT2D eigenvalue weighted by molar-refractivity contribution is -0.167. The zero-order valence-electron chi connectivity index (χ0n) is 39.0. The summed E-state index contributed by atoms with van der Waals surface area (Å²) in [7, 11) is 0. The van der Waals surface area contributed by atoms with Gasteiger partial charge in [0.25, 0.3) is 0 Å². The summed E-state index contributed by atoms with van der Waals surface area (Å²) >= 11 is 0. The van der Waals surface area contributed by atoms with Crippen molar-refractivity contribution in [3.05, 3.63) is 0 Å². The number of carbonyl (C=O) groups excluding carboxylic acids is 3. The fourth-order valence-electron chi connectivity index (χ4n) is 7.64. The van der Waals surface area contributed by atoms with Gasteiger partial charge in [-0.05, 0) is 31.1 Å². The van der Waals surface area contributed by atoms with E-state index in [1.54, 1.807) is 0 Å². The Morgan fingerprint density at radius 3 is 0.860 bits per heavy atom. The van der Waals surface area contributed by atoms with Gasteiger partial charge in [0.1, 0.15) is 13.2 Å².